The molecule has 1 unspecified atom stereocenters. The third kappa shape index (κ3) is 2.72. The van der Waals surface area contributed by atoms with E-state index >= 15 is 0 Å². The number of hydrogen-bond acceptors (Lipinski definition) is 1. The van der Waals surface area contributed by atoms with Crippen LogP contribution in [-0.2, 0) is 6.42 Å². The lowest BCUT2D eigenvalue weighted by Gasteiger charge is -2.14. The molecule has 0 N–H and O–H groups in total. The first kappa shape index (κ1) is 11.4. The minimum Gasteiger partial charge on any atom is -0.330 e. The van der Waals surface area contributed by atoms with Gasteiger partial charge in [0.2, 0.25) is 0 Å². The third-order valence-corrected chi connectivity index (χ3v) is 2.84. The van der Waals surface area contributed by atoms with E-state index in [1.807, 2.05) is 24.7 Å². The van der Waals surface area contributed by atoms with Gasteiger partial charge in [-0.2, -0.15) is 0 Å². The molecule has 0 saturated carbocycles. The summed E-state index contributed by atoms with van der Waals surface area (Å²) >= 11 is 0. The van der Waals surface area contributed by atoms with Gasteiger partial charge in [0.25, 0.3) is 0 Å². The van der Waals surface area contributed by atoms with Gasteiger partial charge in [-0.05, 0) is 17.5 Å². The SMILES string of the molecule is C=Cc1ccc(CC(C=C)n2ccnc2)cc1. The van der Waals surface area contributed by atoms with E-state index < -0.39 is 0 Å². The summed E-state index contributed by atoms with van der Waals surface area (Å²) in [6.07, 6.45) is 10.3. The van der Waals surface area contributed by atoms with Crippen molar-refractivity contribution in [2.24, 2.45) is 0 Å². The third-order valence-electron chi connectivity index (χ3n) is 2.84. The number of hydrogen-bond donors (Lipinski definition) is 0. The first-order chi connectivity index (χ1) is 8.33. The maximum atomic E-state index is 4.06. The molecule has 0 bridgehead atoms. The fraction of sp³-hybridized carbons (Fsp3) is 0.133. The summed E-state index contributed by atoms with van der Waals surface area (Å²) in [5.41, 5.74) is 2.43. The van der Waals surface area contributed by atoms with Crippen LogP contribution in [-0.4, -0.2) is 9.55 Å². The second-order valence-corrected chi connectivity index (χ2v) is 3.96. The van der Waals surface area contributed by atoms with Crippen molar-refractivity contribution < 1.29 is 0 Å². The molecular formula is C15H16N2. The molecule has 86 valence electrons. The van der Waals surface area contributed by atoms with Gasteiger partial charge in [-0.1, -0.05) is 43.0 Å². The molecule has 2 aromatic rings. The number of nitrogens with zero attached hydrogens (tertiary/aromatic N) is 2. The van der Waals surface area contributed by atoms with Gasteiger partial charge < -0.3 is 4.57 Å². The van der Waals surface area contributed by atoms with E-state index in [0.717, 1.165) is 12.0 Å². The van der Waals surface area contributed by atoms with Gasteiger partial charge in [0, 0.05) is 12.4 Å². The molecule has 1 atom stereocenters. The van der Waals surface area contributed by atoms with E-state index in [-0.39, 0.29) is 6.04 Å². The number of benzene rings is 1. The summed E-state index contributed by atoms with van der Waals surface area (Å²) in [6, 6.07) is 8.67. The number of allylic oxidation sites excluding steroid dienone is 1. The molecule has 0 fully saturated rings. The van der Waals surface area contributed by atoms with Crippen LogP contribution in [0.2, 0.25) is 0 Å². The first-order valence-corrected chi connectivity index (χ1v) is 5.65. The van der Waals surface area contributed by atoms with Crippen LogP contribution in [0.4, 0.5) is 0 Å². The zero-order valence-corrected chi connectivity index (χ0v) is 9.79. The molecule has 0 aliphatic carbocycles. The van der Waals surface area contributed by atoms with E-state index in [1.54, 1.807) is 6.20 Å². The van der Waals surface area contributed by atoms with Crippen molar-refractivity contribution in [3.05, 3.63) is 73.3 Å². The zero-order valence-electron chi connectivity index (χ0n) is 9.79. The average Bonchev–Trinajstić information content (AvgIpc) is 2.90. The van der Waals surface area contributed by atoms with Crippen LogP contribution in [0.25, 0.3) is 6.08 Å². The Labute approximate surface area is 102 Å². The summed E-state index contributed by atoms with van der Waals surface area (Å²) in [5, 5.41) is 0. The normalized spacial score (nSPS) is 12.0. The molecule has 0 aliphatic heterocycles. The maximum Gasteiger partial charge on any atom is 0.0951 e. The maximum absolute atomic E-state index is 4.06. The number of rotatable bonds is 5. The minimum atomic E-state index is 0.257. The molecular weight excluding hydrogens is 208 g/mol. The Morgan fingerprint density at radius 1 is 1.24 bits per heavy atom. The second-order valence-electron chi connectivity index (χ2n) is 3.96. The topological polar surface area (TPSA) is 17.8 Å². The largest absolute Gasteiger partial charge is 0.330 e. The first-order valence-electron chi connectivity index (χ1n) is 5.65. The molecule has 1 aromatic heterocycles. The Hall–Kier alpha value is -2.09. The smallest absolute Gasteiger partial charge is 0.0951 e. The highest BCUT2D eigenvalue weighted by Gasteiger charge is 2.06. The van der Waals surface area contributed by atoms with Gasteiger partial charge in [0.15, 0.2) is 0 Å². The molecule has 1 aromatic carbocycles. The van der Waals surface area contributed by atoms with Crippen molar-refractivity contribution in [1.82, 2.24) is 9.55 Å². The minimum absolute atomic E-state index is 0.257. The second kappa shape index (κ2) is 5.30. The van der Waals surface area contributed by atoms with Gasteiger partial charge in [0.05, 0.1) is 12.4 Å². The van der Waals surface area contributed by atoms with Crippen LogP contribution in [0.1, 0.15) is 17.2 Å². The Morgan fingerprint density at radius 3 is 2.53 bits per heavy atom. The van der Waals surface area contributed by atoms with Crippen molar-refractivity contribution in [2.45, 2.75) is 12.5 Å². The van der Waals surface area contributed by atoms with Crippen LogP contribution in [0.15, 0.2) is 62.2 Å². The lowest BCUT2D eigenvalue weighted by molar-refractivity contribution is 0.601. The summed E-state index contributed by atoms with van der Waals surface area (Å²) in [4.78, 5) is 4.06. The lowest BCUT2D eigenvalue weighted by Crippen LogP contribution is -2.07. The predicted octanol–water partition coefficient (Wildman–Crippen LogP) is 3.50. The monoisotopic (exact) mass is 224 g/mol. The standard InChI is InChI=1S/C15H16N2/c1-3-13-5-7-14(8-6-13)11-15(4-2)17-10-9-16-12-17/h3-10,12,15H,1-2,11H2. The van der Waals surface area contributed by atoms with Crippen molar-refractivity contribution in [2.75, 3.05) is 0 Å². The Kier molecular flexibility index (Phi) is 3.55. The number of aromatic nitrogens is 2. The van der Waals surface area contributed by atoms with Crippen molar-refractivity contribution in [3.8, 4) is 0 Å². The zero-order chi connectivity index (χ0) is 12.1. The highest BCUT2D eigenvalue weighted by Crippen LogP contribution is 2.16. The van der Waals surface area contributed by atoms with Gasteiger partial charge >= 0.3 is 0 Å². The van der Waals surface area contributed by atoms with Crippen molar-refractivity contribution in [1.29, 1.82) is 0 Å². The fourth-order valence-corrected chi connectivity index (χ4v) is 1.81. The highest BCUT2D eigenvalue weighted by atomic mass is 15.0. The van der Waals surface area contributed by atoms with E-state index in [2.05, 4.69) is 47.0 Å². The fourth-order valence-electron chi connectivity index (χ4n) is 1.81. The highest BCUT2D eigenvalue weighted by molar-refractivity contribution is 5.47. The molecule has 2 rings (SSSR count). The van der Waals surface area contributed by atoms with Crippen LogP contribution in [0.5, 0.6) is 0 Å². The average molecular weight is 224 g/mol. The molecule has 0 radical (unpaired) electrons. The van der Waals surface area contributed by atoms with Gasteiger partial charge in [-0.3, -0.25) is 0 Å². The molecule has 2 heteroatoms. The molecule has 17 heavy (non-hydrogen) atoms. The van der Waals surface area contributed by atoms with E-state index in [0.29, 0.717) is 0 Å². The number of imidazole rings is 1. The molecule has 2 nitrogen and oxygen atoms in total. The van der Waals surface area contributed by atoms with Gasteiger partial charge in [-0.15, -0.1) is 6.58 Å². The molecule has 0 aliphatic rings. The van der Waals surface area contributed by atoms with Crippen LogP contribution in [0.3, 0.4) is 0 Å². The Bertz CT molecular complexity index is 480. The van der Waals surface area contributed by atoms with E-state index in [9.17, 15) is 0 Å². The molecule has 1 heterocycles. The quantitative estimate of drug-likeness (QED) is 0.711. The van der Waals surface area contributed by atoms with Crippen LogP contribution >= 0.6 is 0 Å². The van der Waals surface area contributed by atoms with Crippen LogP contribution in [0, 0.1) is 0 Å². The summed E-state index contributed by atoms with van der Waals surface area (Å²) in [7, 11) is 0. The van der Waals surface area contributed by atoms with Gasteiger partial charge in [-0.25, -0.2) is 4.98 Å². The lowest BCUT2D eigenvalue weighted by atomic mass is 10.0. The Balaban J connectivity index is 2.13. The molecule has 0 saturated heterocycles. The molecule has 0 amide bonds. The summed E-state index contributed by atoms with van der Waals surface area (Å²) < 4.78 is 2.06. The van der Waals surface area contributed by atoms with Crippen molar-refractivity contribution in [3.63, 3.8) is 0 Å². The van der Waals surface area contributed by atoms with E-state index in [4.69, 9.17) is 0 Å². The Morgan fingerprint density at radius 2 is 2.00 bits per heavy atom. The molecule has 0 spiro atoms. The summed E-state index contributed by atoms with van der Waals surface area (Å²) in [5.74, 6) is 0. The van der Waals surface area contributed by atoms with E-state index in [1.165, 1.54) is 5.56 Å². The van der Waals surface area contributed by atoms with Crippen molar-refractivity contribution >= 4 is 6.08 Å². The summed E-state index contributed by atoms with van der Waals surface area (Å²) in [6.45, 7) is 7.63. The van der Waals surface area contributed by atoms with Crippen LogP contribution < -0.4 is 0 Å². The predicted molar refractivity (Wildman–Crippen MR) is 71.7 cm³/mol. The van der Waals surface area contributed by atoms with Gasteiger partial charge in [0.1, 0.15) is 0 Å².